The minimum atomic E-state index is 0.208. The first-order chi connectivity index (χ1) is 10.7. The lowest BCUT2D eigenvalue weighted by Crippen LogP contribution is -2.25. The molecular weight excluding hydrogens is 274 g/mol. The first-order valence-corrected chi connectivity index (χ1v) is 7.58. The van der Waals surface area contributed by atoms with Crippen molar-refractivity contribution in [1.82, 2.24) is 25.8 Å². The highest BCUT2D eigenvalue weighted by Gasteiger charge is 2.32. The number of pyridine rings is 1. The molecule has 0 amide bonds. The highest BCUT2D eigenvalue weighted by Crippen LogP contribution is 2.33. The van der Waals surface area contributed by atoms with E-state index in [1.807, 2.05) is 12.1 Å². The molecule has 0 spiro atoms. The van der Waals surface area contributed by atoms with E-state index in [4.69, 9.17) is 0 Å². The second-order valence-corrected chi connectivity index (χ2v) is 5.95. The third-order valence-electron chi connectivity index (χ3n) is 4.50. The molecule has 3 N–H and O–H groups in total. The van der Waals surface area contributed by atoms with E-state index in [1.54, 1.807) is 6.20 Å². The molecule has 2 unspecified atom stereocenters. The maximum atomic E-state index is 4.66. The van der Waals surface area contributed by atoms with Crippen LogP contribution in [0.4, 0.5) is 0 Å². The van der Waals surface area contributed by atoms with E-state index in [2.05, 4.69) is 57.9 Å². The van der Waals surface area contributed by atoms with Gasteiger partial charge in [0, 0.05) is 12.7 Å². The Morgan fingerprint density at radius 1 is 1.14 bits per heavy atom. The van der Waals surface area contributed by atoms with Gasteiger partial charge < -0.3 is 4.98 Å². The van der Waals surface area contributed by atoms with Crippen LogP contribution >= 0.6 is 0 Å². The monoisotopic (exact) mass is 293 g/mol. The van der Waals surface area contributed by atoms with Crippen molar-refractivity contribution in [2.75, 3.05) is 6.54 Å². The second-order valence-electron chi connectivity index (χ2n) is 5.95. The molecule has 5 nitrogen and oxygen atoms in total. The van der Waals surface area contributed by atoms with E-state index >= 15 is 0 Å². The zero-order valence-corrected chi connectivity index (χ0v) is 12.7. The van der Waals surface area contributed by atoms with Gasteiger partial charge in [-0.05, 0) is 42.7 Å². The molecule has 1 saturated heterocycles. The van der Waals surface area contributed by atoms with Crippen LogP contribution in [-0.2, 0) is 0 Å². The normalized spacial score (nSPS) is 21.5. The summed E-state index contributed by atoms with van der Waals surface area (Å²) >= 11 is 0. The van der Waals surface area contributed by atoms with Crippen molar-refractivity contribution >= 4 is 11.2 Å². The van der Waals surface area contributed by atoms with Gasteiger partial charge in [-0.15, -0.1) is 0 Å². The Morgan fingerprint density at radius 2 is 2.05 bits per heavy atom. The molecule has 1 fully saturated rings. The Hall–Kier alpha value is -2.24. The van der Waals surface area contributed by atoms with Crippen molar-refractivity contribution < 1.29 is 0 Å². The number of fused-ring (bicyclic) bond motifs is 1. The number of aryl methyl sites for hydroxylation is 2. The fourth-order valence-corrected chi connectivity index (χ4v) is 3.06. The van der Waals surface area contributed by atoms with E-state index in [1.165, 1.54) is 16.7 Å². The van der Waals surface area contributed by atoms with E-state index in [9.17, 15) is 0 Å². The van der Waals surface area contributed by atoms with Crippen LogP contribution in [-0.4, -0.2) is 21.5 Å². The number of benzene rings is 1. The van der Waals surface area contributed by atoms with Crippen molar-refractivity contribution in [2.24, 2.45) is 0 Å². The molecule has 5 heteroatoms. The summed E-state index contributed by atoms with van der Waals surface area (Å²) in [5.41, 5.74) is 12.3. The average Bonchev–Trinajstić information content (AvgIpc) is 3.15. The maximum Gasteiger partial charge on any atom is 0.177 e. The van der Waals surface area contributed by atoms with Gasteiger partial charge in [0.25, 0.3) is 0 Å². The van der Waals surface area contributed by atoms with Gasteiger partial charge in [-0.1, -0.05) is 18.2 Å². The van der Waals surface area contributed by atoms with Gasteiger partial charge in [0.15, 0.2) is 5.65 Å². The van der Waals surface area contributed by atoms with Crippen LogP contribution in [0.15, 0.2) is 36.5 Å². The second kappa shape index (κ2) is 5.19. The molecule has 0 radical (unpaired) electrons. The molecular formula is C17H19N5. The van der Waals surface area contributed by atoms with Crippen LogP contribution in [0.25, 0.3) is 11.2 Å². The Kier molecular flexibility index (Phi) is 3.17. The van der Waals surface area contributed by atoms with Crippen molar-refractivity contribution in [2.45, 2.75) is 25.8 Å². The first-order valence-electron chi connectivity index (χ1n) is 7.58. The SMILES string of the molecule is Cc1ccc(C2NNCC2c2nc3ncccc3[nH]2)cc1C. The Bertz CT molecular complexity index is 790. The maximum absolute atomic E-state index is 4.66. The minimum Gasteiger partial charge on any atom is -0.340 e. The molecule has 1 aliphatic rings. The molecule has 4 rings (SSSR count). The van der Waals surface area contributed by atoms with Crippen LogP contribution < -0.4 is 10.9 Å². The summed E-state index contributed by atoms with van der Waals surface area (Å²) in [4.78, 5) is 12.4. The Labute approximate surface area is 129 Å². The number of aromatic amines is 1. The number of hydrogen-bond acceptors (Lipinski definition) is 4. The van der Waals surface area contributed by atoms with Crippen molar-refractivity contribution in [3.8, 4) is 0 Å². The third kappa shape index (κ3) is 2.19. The molecule has 1 aromatic carbocycles. The number of H-pyrrole nitrogens is 1. The van der Waals surface area contributed by atoms with E-state index in [0.717, 1.165) is 23.5 Å². The summed E-state index contributed by atoms with van der Waals surface area (Å²) in [5, 5.41) is 0. The molecule has 2 atom stereocenters. The van der Waals surface area contributed by atoms with Crippen LogP contribution in [0.2, 0.25) is 0 Å². The Morgan fingerprint density at radius 3 is 2.86 bits per heavy atom. The van der Waals surface area contributed by atoms with Crippen LogP contribution in [0.3, 0.4) is 0 Å². The molecule has 3 aromatic rings. The topological polar surface area (TPSA) is 65.6 Å². The number of hydrazine groups is 1. The number of nitrogens with one attached hydrogen (secondary N) is 3. The smallest absolute Gasteiger partial charge is 0.177 e. The van der Waals surface area contributed by atoms with Crippen LogP contribution in [0.1, 0.15) is 34.5 Å². The van der Waals surface area contributed by atoms with Crippen LogP contribution in [0.5, 0.6) is 0 Å². The number of rotatable bonds is 2. The standard InChI is InChI=1S/C17H19N5/c1-10-5-6-12(8-11(10)2)15-13(9-19-22-15)16-20-14-4-3-7-18-17(14)21-16/h3-8,13,15,19,22H,9H2,1-2H3,(H,18,20,21). The van der Waals surface area contributed by atoms with Gasteiger partial charge in [-0.3, -0.25) is 5.43 Å². The lowest BCUT2D eigenvalue weighted by atomic mass is 9.92. The summed E-state index contributed by atoms with van der Waals surface area (Å²) in [5.74, 6) is 1.24. The summed E-state index contributed by atoms with van der Waals surface area (Å²) in [7, 11) is 0. The summed E-state index contributed by atoms with van der Waals surface area (Å²) < 4.78 is 0. The first kappa shape index (κ1) is 13.4. The molecule has 112 valence electrons. The van der Waals surface area contributed by atoms with Crippen molar-refractivity contribution in [1.29, 1.82) is 0 Å². The minimum absolute atomic E-state index is 0.208. The molecule has 2 aromatic heterocycles. The van der Waals surface area contributed by atoms with Gasteiger partial charge in [-0.25, -0.2) is 15.4 Å². The Balaban J connectivity index is 1.72. The van der Waals surface area contributed by atoms with Gasteiger partial charge in [0.2, 0.25) is 0 Å². The predicted octanol–water partition coefficient (Wildman–Crippen LogP) is 2.51. The molecule has 22 heavy (non-hydrogen) atoms. The van der Waals surface area contributed by atoms with Crippen molar-refractivity contribution in [3.05, 3.63) is 59.0 Å². The zero-order valence-electron chi connectivity index (χ0n) is 12.7. The van der Waals surface area contributed by atoms with Gasteiger partial charge in [0.1, 0.15) is 5.82 Å². The largest absolute Gasteiger partial charge is 0.340 e. The molecule has 1 aliphatic heterocycles. The van der Waals surface area contributed by atoms with Crippen molar-refractivity contribution in [3.63, 3.8) is 0 Å². The number of imidazole rings is 1. The highest BCUT2D eigenvalue weighted by atomic mass is 15.4. The van der Waals surface area contributed by atoms with Gasteiger partial charge >= 0.3 is 0 Å². The molecule has 3 heterocycles. The fourth-order valence-electron chi connectivity index (χ4n) is 3.06. The summed E-state index contributed by atoms with van der Waals surface area (Å²) in [6, 6.07) is 10.8. The summed E-state index contributed by atoms with van der Waals surface area (Å²) in [6.45, 7) is 5.14. The van der Waals surface area contributed by atoms with E-state index in [0.29, 0.717) is 0 Å². The predicted molar refractivity (Wildman–Crippen MR) is 86.4 cm³/mol. The van der Waals surface area contributed by atoms with E-state index < -0.39 is 0 Å². The fraction of sp³-hybridized carbons (Fsp3) is 0.294. The summed E-state index contributed by atoms with van der Waals surface area (Å²) in [6.07, 6.45) is 1.78. The number of hydrogen-bond donors (Lipinski definition) is 3. The van der Waals surface area contributed by atoms with E-state index in [-0.39, 0.29) is 12.0 Å². The average molecular weight is 293 g/mol. The van der Waals surface area contributed by atoms with Crippen LogP contribution in [0, 0.1) is 13.8 Å². The lowest BCUT2D eigenvalue weighted by Gasteiger charge is -2.18. The molecule has 0 saturated carbocycles. The zero-order chi connectivity index (χ0) is 15.1. The number of aromatic nitrogens is 3. The number of nitrogens with zero attached hydrogens (tertiary/aromatic N) is 2. The van der Waals surface area contributed by atoms with Gasteiger partial charge in [0.05, 0.1) is 17.5 Å². The highest BCUT2D eigenvalue weighted by molar-refractivity contribution is 5.70. The molecule has 0 aliphatic carbocycles. The third-order valence-corrected chi connectivity index (χ3v) is 4.50. The van der Waals surface area contributed by atoms with Gasteiger partial charge in [-0.2, -0.15) is 0 Å². The lowest BCUT2D eigenvalue weighted by molar-refractivity contribution is 0.544. The molecule has 0 bridgehead atoms. The quantitative estimate of drug-likeness (QED) is 0.679.